The first-order chi connectivity index (χ1) is 13.7. The number of carbonyl (C=O) groups excluding carboxylic acids is 1. The molecule has 1 aromatic heterocycles. The van der Waals surface area contributed by atoms with Crippen LogP contribution in [-0.2, 0) is 6.42 Å². The zero-order chi connectivity index (χ0) is 19.1. The van der Waals surface area contributed by atoms with Crippen LogP contribution in [0.5, 0.6) is 0 Å². The molecule has 140 valence electrons. The SMILES string of the molecule is O=C(c1ccc(=O)n(-c2ccccc2)n1)N(C1CC1)C1CCc2ccccc21. The Morgan fingerprint density at radius 2 is 1.68 bits per heavy atom. The lowest BCUT2D eigenvalue weighted by molar-refractivity contribution is 0.0650. The second-order valence-corrected chi connectivity index (χ2v) is 7.50. The van der Waals surface area contributed by atoms with Gasteiger partial charge in [0.15, 0.2) is 0 Å². The van der Waals surface area contributed by atoms with Crippen molar-refractivity contribution in [2.24, 2.45) is 0 Å². The summed E-state index contributed by atoms with van der Waals surface area (Å²) < 4.78 is 1.31. The van der Waals surface area contributed by atoms with E-state index in [4.69, 9.17) is 0 Å². The fourth-order valence-corrected chi connectivity index (χ4v) is 4.15. The highest BCUT2D eigenvalue weighted by Gasteiger charge is 2.41. The number of nitrogens with zero attached hydrogens (tertiary/aromatic N) is 3. The molecule has 3 aromatic rings. The second-order valence-electron chi connectivity index (χ2n) is 7.50. The molecule has 5 heteroatoms. The maximum atomic E-state index is 13.5. The molecule has 1 unspecified atom stereocenters. The van der Waals surface area contributed by atoms with Crippen LogP contribution in [0.4, 0.5) is 0 Å². The van der Waals surface area contributed by atoms with Gasteiger partial charge in [0, 0.05) is 12.1 Å². The minimum atomic E-state index is -0.244. The van der Waals surface area contributed by atoms with Gasteiger partial charge in [-0.3, -0.25) is 9.59 Å². The Labute approximate surface area is 163 Å². The van der Waals surface area contributed by atoms with Crippen LogP contribution >= 0.6 is 0 Å². The molecular formula is C23H21N3O2. The van der Waals surface area contributed by atoms with Crippen molar-refractivity contribution in [3.05, 3.63) is 93.9 Å². The predicted octanol–water partition coefficient (Wildman–Crippen LogP) is 3.52. The summed E-state index contributed by atoms with van der Waals surface area (Å²) in [4.78, 5) is 27.8. The van der Waals surface area contributed by atoms with Crippen LogP contribution in [0.15, 0.2) is 71.5 Å². The highest BCUT2D eigenvalue weighted by atomic mass is 16.2. The largest absolute Gasteiger partial charge is 0.327 e. The monoisotopic (exact) mass is 371 g/mol. The van der Waals surface area contributed by atoms with Gasteiger partial charge in [-0.1, -0.05) is 42.5 Å². The number of hydrogen-bond donors (Lipinski definition) is 0. The van der Waals surface area contributed by atoms with Gasteiger partial charge in [0.2, 0.25) is 0 Å². The Morgan fingerprint density at radius 1 is 0.929 bits per heavy atom. The molecule has 5 rings (SSSR count). The average Bonchev–Trinajstić information content (AvgIpc) is 3.48. The van der Waals surface area contributed by atoms with Gasteiger partial charge < -0.3 is 4.90 Å². The van der Waals surface area contributed by atoms with Crippen molar-refractivity contribution in [3.8, 4) is 5.69 Å². The molecule has 1 saturated carbocycles. The number of rotatable bonds is 4. The van der Waals surface area contributed by atoms with E-state index >= 15 is 0 Å². The Balaban J connectivity index is 1.52. The van der Waals surface area contributed by atoms with Crippen LogP contribution in [0.25, 0.3) is 5.69 Å². The van der Waals surface area contributed by atoms with E-state index < -0.39 is 0 Å². The van der Waals surface area contributed by atoms with Crippen LogP contribution in [0.1, 0.15) is 46.9 Å². The molecule has 2 aliphatic rings. The molecule has 0 saturated heterocycles. The maximum Gasteiger partial charge on any atom is 0.275 e. The lowest BCUT2D eigenvalue weighted by Crippen LogP contribution is -2.37. The summed E-state index contributed by atoms with van der Waals surface area (Å²) >= 11 is 0. The second kappa shape index (κ2) is 6.75. The van der Waals surface area contributed by atoms with Gasteiger partial charge in [0.25, 0.3) is 11.5 Å². The molecule has 0 spiro atoms. The number of benzene rings is 2. The normalized spacial score (nSPS) is 17.9. The number of fused-ring (bicyclic) bond motifs is 1. The van der Waals surface area contributed by atoms with Crippen LogP contribution in [-0.4, -0.2) is 26.6 Å². The molecule has 1 fully saturated rings. The summed E-state index contributed by atoms with van der Waals surface area (Å²) in [5, 5.41) is 4.41. The van der Waals surface area contributed by atoms with E-state index in [1.807, 2.05) is 41.3 Å². The molecule has 5 nitrogen and oxygen atoms in total. The van der Waals surface area contributed by atoms with Crippen molar-refractivity contribution < 1.29 is 4.79 Å². The van der Waals surface area contributed by atoms with Crippen molar-refractivity contribution in [2.45, 2.75) is 37.8 Å². The molecule has 28 heavy (non-hydrogen) atoms. The summed E-state index contributed by atoms with van der Waals surface area (Å²) in [6.07, 6.45) is 4.00. The topological polar surface area (TPSA) is 55.2 Å². The number of hydrogen-bond acceptors (Lipinski definition) is 3. The lowest BCUT2D eigenvalue weighted by Gasteiger charge is -2.29. The summed E-state index contributed by atoms with van der Waals surface area (Å²) in [5.74, 6) is -0.0890. The van der Waals surface area contributed by atoms with E-state index in [1.54, 1.807) is 6.07 Å². The highest BCUT2D eigenvalue weighted by molar-refractivity contribution is 5.93. The Kier molecular flexibility index (Phi) is 4.08. The van der Waals surface area contributed by atoms with Gasteiger partial charge in [0.1, 0.15) is 5.69 Å². The molecule has 0 aliphatic heterocycles. The smallest absolute Gasteiger partial charge is 0.275 e. The van der Waals surface area contributed by atoms with E-state index in [0.717, 1.165) is 25.7 Å². The number of amides is 1. The first-order valence-electron chi connectivity index (χ1n) is 9.78. The molecule has 0 bridgehead atoms. The van der Waals surface area contributed by atoms with Crippen LogP contribution in [0, 0.1) is 0 Å². The van der Waals surface area contributed by atoms with Crippen molar-refractivity contribution >= 4 is 5.91 Å². The standard InChI is InChI=1S/C23H21N3O2/c27-22-15-13-20(24-26(22)18-7-2-1-3-8-18)23(28)25(17-11-12-17)21-14-10-16-6-4-5-9-19(16)21/h1-9,13,15,17,21H,10-12,14H2. The third kappa shape index (κ3) is 2.93. The Morgan fingerprint density at radius 3 is 2.46 bits per heavy atom. The average molecular weight is 371 g/mol. The zero-order valence-corrected chi connectivity index (χ0v) is 15.5. The van der Waals surface area contributed by atoms with E-state index in [2.05, 4.69) is 23.3 Å². The predicted molar refractivity (Wildman–Crippen MR) is 107 cm³/mol. The van der Waals surface area contributed by atoms with Gasteiger partial charge in [0.05, 0.1) is 11.7 Å². The molecule has 1 heterocycles. The van der Waals surface area contributed by atoms with Crippen molar-refractivity contribution in [1.29, 1.82) is 0 Å². The molecule has 1 amide bonds. The first kappa shape index (κ1) is 16.9. The minimum Gasteiger partial charge on any atom is -0.327 e. The van der Waals surface area contributed by atoms with E-state index in [0.29, 0.717) is 11.4 Å². The van der Waals surface area contributed by atoms with E-state index in [-0.39, 0.29) is 23.6 Å². The molecular weight excluding hydrogens is 350 g/mol. The van der Waals surface area contributed by atoms with E-state index in [9.17, 15) is 9.59 Å². The van der Waals surface area contributed by atoms with Gasteiger partial charge in [-0.15, -0.1) is 0 Å². The number of para-hydroxylation sites is 1. The number of aromatic nitrogens is 2. The zero-order valence-electron chi connectivity index (χ0n) is 15.5. The minimum absolute atomic E-state index is 0.0890. The van der Waals surface area contributed by atoms with E-state index in [1.165, 1.54) is 21.9 Å². The van der Waals surface area contributed by atoms with Crippen molar-refractivity contribution in [2.75, 3.05) is 0 Å². The summed E-state index contributed by atoms with van der Waals surface area (Å²) in [7, 11) is 0. The van der Waals surface area contributed by atoms with Gasteiger partial charge in [-0.05, 0) is 55.0 Å². The summed E-state index contributed by atoms with van der Waals surface area (Å²) in [6, 6.07) is 20.9. The van der Waals surface area contributed by atoms with Gasteiger partial charge in [-0.2, -0.15) is 9.78 Å². The molecule has 0 N–H and O–H groups in total. The lowest BCUT2D eigenvalue weighted by atomic mass is 10.1. The number of aryl methyl sites for hydroxylation is 1. The fourth-order valence-electron chi connectivity index (χ4n) is 4.15. The van der Waals surface area contributed by atoms with Crippen LogP contribution in [0.3, 0.4) is 0 Å². The van der Waals surface area contributed by atoms with Crippen LogP contribution < -0.4 is 5.56 Å². The maximum absolute atomic E-state index is 13.5. The summed E-state index contributed by atoms with van der Waals surface area (Å²) in [5.41, 5.74) is 3.31. The highest BCUT2D eigenvalue weighted by Crippen LogP contribution is 2.42. The van der Waals surface area contributed by atoms with Crippen molar-refractivity contribution in [1.82, 2.24) is 14.7 Å². The third-order valence-electron chi connectivity index (χ3n) is 5.63. The molecule has 0 radical (unpaired) electrons. The Bertz CT molecular complexity index is 1090. The third-order valence-corrected chi connectivity index (χ3v) is 5.63. The van der Waals surface area contributed by atoms with Gasteiger partial charge >= 0.3 is 0 Å². The van der Waals surface area contributed by atoms with Crippen LogP contribution in [0.2, 0.25) is 0 Å². The molecule has 2 aliphatic carbocycles. The molecule has 1 atom stereocenters. The summed E-state index contributed by atoms with van der Waals surface area (Å²) in [6.45, 7) is 0. The number of carbonyl (C=O) groups is 1. The van der Waals surface area contributed by atoms with Crippen molar-refractivity contribution in [3.63, 3.8) is 0 Å². The first-order valence-corrected chi connectivity index (χ1v) is 9.78. The quantitative estimate of drug-likeness (QED) is 0.705. The van der Waals surface area contributed by atoms with Gasteiger partial charge in [-0.25, -0.2) is 0 Å². The fraction of sp³-hybridized carbons (Fsp3) is 0.261. The molecule has 2 aromatic carbocycles. The Hall–Kier alpha value is -3.21.